The number of aryl methyl sites for hydroxylation is 1. The van der Waals surface area contributed by atoms with Crippen LogP contribution in [0.3, 0.4) is 0 Å². The summed E-state index contributed by atoms with van der Waals surface area (Å²) < 4.78 is 45.6. The number of carbonyl (C=O) groups is 2. The maximum atomic E-state index is 15.0. The Morgan fingerprint density at radius 2 is 1.67 bits per heavy atom. The fourth-order valence-electron chi connectivity index (χ4n) is 3.64. The Balaban J connectivity index is 1.30. The predicted molar refractivity (Wildman–Crippen MR) is 133 cm³/mol. The number of carbonyl (C=O) groups excluding carboxylic acids is 2. The first-order valence-electron chi connectivity index (χ1n) is 11.5. The summed E-state index contributed by atoms with van der Waals surface area (Å²) in [5, 5.41) is -1.21. The van der Waals surface area contributed by atoms with Crippen LogP contribution in [0.2, 0.25) is 0 Å². The molecular formula is C27H25F2NO5S. The number of halogens is 2. The fourth-order valence-corrected chi connectivity index (χ4v) is 4.43. The van der Waals surface area contributed by atoms with Gasteiger partial charge in [-0.05, 0) is 78.3 Å². The van der Waals surface area contributed by atoms with Crippen molar-refractivity contribution in [1.82, 2.24) is 5.32 Å². The van der Waals surface area contributed by atoms with Crippen LogP contribution in [-0.2, 0) is 16.2 Å². The number of benzene rings is 3. The summed E-state index contributed by atoms with van der Waals surface area (Å²) in [5.74, 6) is 1.02. The van der Waals surface area contributed by atoms with Crippen LogP contribution in [0.15, 0.2) is 66.7 Å². The van der Waals surface area contributed by atoms with Gasteiger partial charge in [0, 0.05) is 12.0 Å². The third-order valence-corrected chi connectivity index (χ3v) is 6.35. The van der Waals surface area contributed by atoms with E-state index in [1.807, 2.05) is 17.4 Å². The van der Waals surface area contributed by atoms with Crippen LogP contribution in [0.4, 0.5) is 13.6 Å². The van der Waals surface area contributed by atoms with Gasteiger partial charge in [-0.25, -0.2) is 8.78 Å². The van der Waals surface area contributed by atoms with E-state index in [1.165, 1.54) is 24.3 Å². The highest BCUT2D eigenvalue weighted by Gasteiger charge is 2.50. The molecule has 0 spiro atoms. The minimum Gasteiger partial charge on any atom is -0.493 e. The van der Waals surface area contributed by atoms with Gasteiger partial charge in [-0.3, -0.25) is 14.9 Å². The minimum absolute atomic E-state index is 0.0525. The lowest BCUT2D eigenvalue weighted by Crippen LogP contribution is -2.30. The van der Waals surface area contributed by atoms with E-state index in [-0.39, 0.29) is 11.4 Å². The summed E-state index contributed by atoms with van der Waals surface area (Å²) in [5.41, 5.74) is 1.05. The second kappa shape index (κ2) is 11.4. The smallest absolute Gasteiger partial charge is 0.289 e. The molecule has 188 valence electrons. The van der Waals surface area contributed by atoms with E-state index in [1.54, 1.807) is 30.3 Å². The van der Waals surface area contributed by atoms with Gasteiger partial charge in [0.25, 0.3) is 16.1 Å². The van der Waals surface area contributed by atoms with Gasteiger partial charge >= 0.3 is 0 Å². The highest BCUT2D eigenvalue weighted by Crippen LogP contribution is 2.43. The monoisotopic (exact) mass is 513 g/mol. The number of imide groups is 1. The van der Waals surface area contributed by atoms with E-state index in [0.29, 0.717) is 48.6 Å². The second-order valence-corrected chi connectivity index (χ2v) is 9.23. The van der Waals surface area contributed by atoms with Gasteiger partial charge in [0.05, 0.1) is 13.2 Å². The van der Waals surface area contributed by atoms with Gasteiger partial charge < -0.3 is 14.2 Å². The molecule has 36 heavy (non-hydrogen) atoms. The van der Waals surface area contributed by atoms with E-state index >= 15 is 0 Å². The first-order valence-corrected chi connectivity index (χ1v) is 12.3. The van der Waals surface area contributed by atoms with Gasteiger partial charge in [-0.1, -0.05) is 25.5 Å². The van der Waals surface area contributed by atoms with Crippen molar-refractivity contribution in [3.8, 4) is 23.0 Å². The van der Waals surface area contributed by atoms with E-state index in [9.17, 15) is 18.4 Å². The summed E-state index contributed by atoms with van der Waals surface area (Å²) >= 11 is 0.309. The lowest BCUT2D eigenvalue weighted by Gasteiger charge is -2.16. The van der Waals surface area contributed by atoms with Crippen LogP contribution in [0.25, 0.3) is 0 Å². The number of nitrogens with one attached hydrogen (secondary N) is 1. The molecule has 1 unspecified atom stereocenters. The molecule has 1 heterocycles. The Kier molecular flexibility index (Phi) is 8.10. The molecule has 0 aliphatic carbocycles. The number of amides is 2. The van der Waals surface area contributed by atoms with Gasteiger partial charge in [0.15, 0.2) is 0 Å². The molecule has 1 aliphatic heterocycles. The van der Waals surface area contributed by atoms with Crippen LogP contribution in [0.5, 0.6) is 23.0 Å². The molecule has 4 rings (SSSR count). The van der Waals surface area contributed by atoms with Gasteiger partial charge in [-0.15, -0.1) is 0 Å². The molecule has 3 aromatic carbocycles. The van der Waals surface area contributed by atoms with Crippen molar-refractivity contribution in [3.63, 3.8) is 0 Å². The van der Waals surface area contributed by atoms with Gasteiger partial charge in [-0.2, -0.15) is 0 Å². The quantitative estimate of drug-likeness (QED) is 0.294. The lowest BCUT2D eigenvalue weighted by molar-refractivity contribution is -0.126. The van der Waals surface area contributed by atoms with Crippen molar-refractivity contribution in [2.24, 2.45) is 0 Å². The molecule has 0 bridgehead atoms. The molecule has 1 atom stereocenters. The van der Waals surface area contributed by atoms with Crippen molar-refractivity contribution >= 4 is 22.9 Å². The number of ether oxygens (including phenoxy) is 3. The first-order chi connectivity index (χ1) is 17.4. The van der Waals surface area contributed by atoms with Crippen LogP contribution in [0.1, 0.15) is 30.9 Å². The normalized spacial score (nSPS) is 17.1. The molecule has 1 aliphatic rings. The van der Waals surface area contributed by atoms with Gasteiger partial charge in [0.1, 0.15) is 28.8 Å². The molecule has 1 saturated heterocycles. The maximum absolute atomic E-state index is 15.0. The summed E-state index contributed by atoms with van der Waals surface area (Å²) in [7, 11) is 0. The summed E-state index contributed by atoms with van der Waals surface area (Å²) in [6.45, 7) is 2.79. The summed E-state index contributed by atoms with van der Waals surface area (Å²) in [6.07, 6.45) is 2.30. The number of alkyl halides is 1. The van der Waals surface area contributed by atoms with Crippen LogP contribution in [-0.4, -0.2) is 24.4 Å². The first kappa shape index (κ1) is 25.5. The number of hydrogen-bond donors (Lipinski definition) is 1. The molecule has 1 fully saturated rings. The average molecular weight is 514 g/mol. The molecular weight excluding hydrogens is 488 g/mol. The molecule has 0 radical (unpaired) electrons. The number of rotatable bonds is 11. The summed E-state index contributed by atoms with van der Waals surface area (Å²) in [4.78, 5) is 23.2. The number of hydrogen-bond acceptors (Lipinski definition) is 6. The SMILES string of the molecule is CCCc1cc(Oc2ccc(F)cc2)ccc1OCCCOc1cccc(C2(F)SC(=O)NC2=O)c1. The Labute approximate surface area is 211 Å². The van der Waals surface area contributed by atoms with Crippen molar-refractivity contribution in [1.29, 1.82) is 0 Å². The average Bonchev–Trinajstić information content (AvgIpc) is 3.14. The Morgan fingerprint density at radius 3 is 2.39 bits per heavy atom. The zero-order chi connectivity index (χ0) is 25.5. The molecule has 0 aromatic heterocycles. The van der Waals surface area contributed by atoms with Crippen LogP contribution >= 0.6 is 11.8 Å². The van der Waals surface area contributed by atoms with Crippen molar-refractivity contribution < 1.29 is 32.6 Å². The van der Waals surface area contributed by atoms with Gasteiger partial charge in [0.2, 0.25) is 0 Å². The van der Waals surface area contributed by atoms with E-state index in [0.717, 1.165) is 24.2 Å². The van der Waals surface area contributed by atoms with E-state index < -0.39 is 16.1 Å². The van der Waals surface area contributed by atoms with E-state index in [4.69, 9.17) is 14.2 Å². The fraction of sp³-hybridized carbons (Fsp3) is 0.259. The third-order valence-electron chi connectivity index (χ3n) is 5.36. The second-order valence-electron chi connectivity index (χ2n) is 8.09. The molecule has 3 aromatic rings. The number of thioether (sulfide) groups is 1. The van der Waals surface area contributed by atoms with Crippen LogP contribution < -0.4 is 19.5 Å². The van der Waals surface area contributed by atoms with E-state index in [2.05, 4.69) is 6.92 Å². The zero-order valence-corrected chi connectivity index (χ0v) is 20.4. The molecule has 0 saturated carbocycles. The van der Waals surface area contributed by atoms with Crippen molar-refractivity contribution in [2.45, 2.75) is 31.2 Å². The molecule has 9 heteroatoms. The predicted octanol–water partition coefficient (Wildman–Crippen LogP) is 6.52. The Hall–Kier alpha value is -3.59. The van der Waals surface area contributed by atoms with Crippen molar-refractivity contribution in [3.05, 3.63) is 83.7 Å². The largest absolute Gasteiger partial charge is 0.493 e. The lowest BCUT2D eigenvalue weighted by atomic mass is 10.1. The topological polar surface area (TPSA) is 73.9 Å². The standard InChI is InChI=1S/C27H25F2NO5S/c1-2-5-18-16-23(35-21-10-8-20(28)9-11-21)12-13-24(18)34-15-4-14-33-22-7-3-6-19(17-22)27(29)25(31)30-26(32)36-27/h3,6-13,16-17H,2,4-5,14-15H2,1H3,(H,30,31,32). The maximum Gasteiger partial charge on any atom is 0.289 e. The summed E-state index contributed by atoms with van der Waals surface area (Å²) in [6, 6.07) is 17.5. The molecule has 6 nitrogen and oxygen atoms in total. The Morgan fingerprint density at radius 1 is 0.917 bits per heavy atom. The molecule has 1 N–H and O–H groups in total. The minimum atomic E-state index is -2.46. The molecule has 2 amide bonds. The Bertz CT molecular complexity index is 1240. The van der Waals surface area contributed by atoms with Crippen LogP contribution in [0, 0.1) is 5.82 Å². The highest BCUT2D eigenvalue weighted by molar-refractivity contribution is 8.15. The zero-order valence-electron chi connectivity index (χ0n) is 19.6. The third kappa shape index (κ3) is 6.15. The highest BCUT2D eigenvalue weighted by atomic mass is 32.2. The van der Waals surface area contributed by atoms with Crippen molar-refractivity contribution in [2.75, 3.05) is 13.2 Å².